The summed E-state index contributed by atoms with van der Waals surface area (Å²) in [6.45, 7) is 1.02. The Labute approximate surface area is 133 Å². The molecule has 0 atom stereocenters. The lowest BCUT2D eigenvalue weighted by molar-refractivity contribution is -0.116. The predicted molar refractivity (Wildman–Crippen MR) is 84.2 cm³/mol. The Balaban J connectivity index is 1.57. The molecule has 6 heteroatoms. The van der Waals surface area contributed by atoms with E-state index in [9.17, 15) is 15.0 Å². The highest BCUT2D eigenvalue weighted by molar-refractivity contribution is 5.91. The van der Waals surface area contributed by atoms with Crippen LogP contribution in [0, 0.1) is 0 Å². The zero-order valence-electron chi connectivity index (χ0n) is 12.4. The van der Waals surface area contributed by atoms with Gasteiger partial charge in [-0.3, -0.25) is 4.79 Å². The number of rotatable bonds is 4. The Bertz CT molecular complexity index is 729. The Morgan fingerprint density at radius 1 is 1.00 bits per heavy atom. The smallest absolute Gasteiger partial charge is 0.224 e. The molecule has 2 aromatic carbocycles. The summed E-state index contributed by atoms with van der Waals surface area (Å²) in [5.41, 5.74) is 1.42. The topological polar surface area (TPSA) is 88.0 Å². The summed E-state index contributed by atoms with van der Waals surface area (Å²) in [6, 6.07) is 9.79. The van der Waals surface area contributed by atoms with E-state index in [1.165, 1.54) is 12.1 Å². The van der Waals surface area contributed by atoms with Gasteiger partial charge >= 0.3 is 0 Å². The maximum atomic E-state index is 12.0. The van der Waals surface area contributed by atoms with E-state index in [0.717, 1.165) is 5.56 Å². The third kappa shape index (κ3) is 3.66. The van der Waals surface area contributed by atoms with E-state index in [-0.39, 0.29) is 23.8 Å². The van der Waals surface area contributed by atoms with Gasteiger partial charge in [0.25, 0.3) is 0 Å². The summed E-state index contributed by atoms with van der Waals surface area (Å²) < 4.78 is 10.9. The Morgan fingerprint density at radius 2 is 1.78 bits per heavy atom. The molecule has 1 heterocycles. The first kappa shape index (κ1) is 15.0. The molecule has 0 spiro atoms. The van der Waals surface area contributed by atoms with E-state index in [0.29, 0.717) is 36.8 Å². The third-order valence-electron chi connectivity index (χ3n) is 3.51. The molecule has 0 saturated heterocycles. The van der Waals surface area contributed by atoms with Crippen molar-refractivity contribution in [2.75, 3.05) is 18.5 Å². The molecule has 0 bridgehead atoms. The predicted octanol–water partition coefficient (Wildman–Crippen LogP) is 2.44. The first-order chi connectivity index (χ1) is 11.1. The van der Waals surface area contributed by atoms with Crippen LogP contribution in [0.15, 0.2) is 36.4 Å². The van der Waals surface area contributed by atoms with Crippen LogP contribution in [0.3, 0.4) is 0 Å². The van der Waals surface area contributed by atoms with Crippen LogP contribution in [0.25, 0.3) is 0 Å². The van der Waals surface area contributed by atoms with Gasteiger partial charge in [-0.25, -0.2) is 0 Å². The highest BCUT2D eigenvalue weighted by Gasteiger charge is 2.13. The van der Waals surface area contributed by atoms with Crippen molar-refractivity contribution in [2.45, 2.75) is 12.8 Å². The molecular weight excluding hydrogens is 298 g/mol. The van der Waals surface area contributed by atoms with Gasteiger partial charge in [0.05, 0.1) is 0 Å². The van der Waals surface area contributed by atoms with Gasteiger partial charge in [0.1, 0.15) is 13.2 Å². The third-order valence-corrected chi connectivity index (χ3v) is 3.51. The SMILES string of the molecule is O=C(CCc1ccc(O)c(O)c1)Nc1ccc2c(c1)OCCO2. The highest BCUT2D eigenvalue weighted by atomic mass is 16.6. The van der Waals surface area contributed by atoms with Gasteiger partial charge in [0, 0.05) is 18.2 Å². The van der Waals surface area contributed by atoms with Gasteiger partial charge < -0.3 is 25.0 Å². The Morgan fingerprint density at radius 3 is 2.57 bits per heavy atom. The van der Waals surface area contributed by atoms with Crippen LogP contribution < -0.4 is 14.8 Å². The van der Waals surface area contributed by atoms with Crippen molar-refractivity contribution in [3.05, 3.63) is 42.0 Å². The number of hydrogen-bond acceptors (Lipinski definition) is 5. The minimum absolute atomic E-state index is 0.144. The number of hydrogen-bond donors (Lipinski definition) is 3. The lowest BCUT2D eigenvalue weighted by atomic mass is 10.1. The lowest BCUT2D eigenvalue weighted by Crippen LogP contribution is -2.16. The number of ether oxygens (including phenoxy) is 2. The maximum absolute atomic E-state index is 12.0. The van der Waals surface area contributed by atoms with Crippen LogP contribution >= 0.6 is 0 Å². The average Bonchev–Trinajstić information content (AvgIpc) is 2.56. The van der Waals surface area contributed by atoms with Gasteiger partial charge in [-0.15, -0.1) is 0 Å². The summed E-state index contributed by atoms with van der Waals surface area (Å²) in [6.07, 6.45) is 0.725. The van der Waals surface area contributed by atoms with Crippen LogP contribution in [0.5, 0.6) is 23.0 Å². The van der Waals surface area contributed by atoms with E-state index < -0.39 is 0 Å². The van der Waals surface area contributed by atoms with E-state index in [1.54, 1.807) is 24.3 Å². The largest absolute Gasteiger partial charge is 0.504 e. The summed E-state index contributed by atoms with van der Waals surface area (Å²) in [7, 11) is 0. The number of aromatic hydroxyl groups is 2. The minimum atomic E-state index is -0.185. The van der Waals surface area contributed by atoms with Crippen molar-refractivity contribution in [3.63, 3.8) is 0 Å². The lowest BCUT2D eigenvalue weighted by Gasteiger charge is -2.19. The number of carbonyl (C=O) groups is 1. The van der Waals surface area contributed by atoms with Crippen LogP contribution in [-0.2, 0) is 11.2 Å². The van der Waals surface area contributed by atoms with Crippen molar-refractivity contribution in [1.29, 1.82) is 0 Å². The zero-order chi connectivity index (χ0) is 16.2. The molecule has 23 heavy (non-hydrogen) atoms. The second-order valence-electron chi connectivity index (χ2n) is 5.23. The van der Waals surface area contributed by atoms with Crippen molar-refractivity contribution in [3.8, 4) is 23.0 Å². The molecule has 2 aromatic rings. The van der Waals surface area contributed by atoms with Gasteiger partial charge in [-0.1, -0.05) is 6.07 Å². The van der Waals surface area contributed by atoms with Crippen molar-refractivity contribution < 1.29 is 24.5 Å². The number of aryl methyl sites for hydroxylation is 1. The fraction of sp³-hybridized carbons (Fsp3) is 0.235. The number of amides is 1. The fourth-order valence-corrected chi connectivity index (χ4v) is 2.33. The average molecular weight is 315 g/mol. The number of phenolic OH excluding ortho intramolecular Hbond substituents is 2. The summed E-state index contributed by atoms with van der Waals surface area (Å²) >= 11 is 0. The molecule has 0 unspecified atom stereocenters. The molecule has 0 aromatic heterocycles. The molecule has 3 rings (SSSR count). The molecule has 0 saturated carbocycles. The summed E-state index contributed by atoms with van der Waals surface area (Å²) in [5, 5.41) is 21.5. The Kier molecular flexibility index (Phi) is 4.23. The second kappa shape index (κ2) is 6.48. The normalized spacial score (nSPS) is 12.7. The van der Waals surface area contributed by atoms with E-state index in [2.05, 4.69) is 5.32 Å². The summed E-state index contributed by atoms with van der Waals surface area (Å²) in [5.74, 6) is 0.796. The van der Waals surface area contributed by atoms with Crippen molar-refractivity contribution >= 4 is 11.6 Å². The quantitative estimate of drug-likeness (QED) is 0.754. The minimum Gasteiger partial charge on any atom is -0.504 e. The molecule has 1 amide bonds. The number of nitrogens with one attached hydrogen (secondary N) is 1. The summed E-state index contributed by atoms with van der Waals surface area (Å²) in [4.78, 5) is 12.0. The van der Waals surface area contributed by atoms with E-state index in [4.69, 9.17) is 9.47 Å². The van der Waals surface area contributed by atoms with Crippen LogP contribution in [0.1, 0.15) is 12.0 Å². The highest BCUT2D eigenvalue weighted by Crippen LogP contribution is 2.32. The van der Waals surface area contributed by atoms with Gasteiger partial charge in [-0.2, -0.15) is 0 Å². The molecule has 120 valence electrons. The zero-order valence-corrected chi connectivity index (χ0v) is 12.4. The standard InChI is InChI=1S/C17H17NO5/c19-13-4-1-11(9-14(13)20)2-6-17(21)18-12-3-5-15-16(10-12)23-8-7-22-15/h1,3-5,9-10,19-20H,2,6-8H2,(H,18,21). The van der Waals surface area contributed by atoms with Crippen LogP contribution in [0.2, 0.25) is 0 Å². The van der Waals surface area contributed by atoms with Gasteiger partial charge in [-0.05, 0) is 36.2 Å². The molecule has 1 aliphatic heterocycles. The molecule has 0 fully saturated rings. The molecule has 6 nitrogen and oxygen atoms in total. The van der Waals surface area contributed by atoms with Gasteiger partial charge in [0.15, 0.2) is 23.0 Å². The molecular formula is C17H17NO5. The molecule has 1 aliphatic rings. The van der Waals surface area contributed by atoms with E-state index >= 15 is 0 Å². The number of carbonyl (C=O) groups excluding carboxylic acids is 1. The number of fused-ring (bicyclic) bond motifs is 1. The number of anilines is 1. The fourth-order valence-electron chi connectivity index (χ4n) is 2.33. The second-order valence-corrected chi connectivity index (χ2v) is 5.23. The maximum Gasteiger partial charge on any atom is 0.224 e. The number of benzene rings is 2. The molecule has 3 N–H and O–H groups in total. The van der Waals surface area contributed by atoms with Crippen molar-refractivity contribution in [1.82, 2.24) is 0 Å². The van der Waals surface area contributed by atoms with E-state index in [1.807, 2.05) is 0 Å². The first-order valence-corrected chi connectivity index (χ1v) is 7.32. The number of phenols is 2. The molecule has 0 radical (unpaired) electrons. The van der Waals surface area contributed by atoms with Crippen molar-refractivity contribution in [2.24, 2.45) is 0 Å². The van der Waals surface area contributed by atoms with Crippen LogP contribution in [0.4, 0.5) is 5.69 Å². The van der Waals surface area contributed by atoms with Gasteiger partial charge in [0.2, 0.25) is 5.91 Å². The monoisotopic (exact) mass is 315 g/mol. The first-order valence-electron chi connectivity index (χ1n) is 7.32. The Hall–Kier alpha value is -2.89. The molecule has 0 aliphatic carbocycles. The van der Waals surface area contributed by atoms with Crippen LogP contribution in [-0.4, -0.2) is 29.3 Å².